The van der Waals surface area contributed by atoms with Gasteiger partial charge in [0.2, 0.25) is 0 Å². The Bertz CT molecular complexity index is 1950. The highest BCUT2D eigenvalue weighted by Gasteiger charge is 2.70. The topological polar surface area (TPSA) is 124 Å². The Kier molecular flexibility index (Phi) is 7.37. The average Bonchev–Trinajstić information content (AvgIpc) is 3.46. The molecule has 3 atom stereocenters. The van der Waals surface area contributed by atoms with Crippen molar-refractivity contribution in [1.29, 1.82) is 0 Å². The number of carbonyl (C=O) groups is 1. The molecular formula is C32H29F6N5O4S. The van der Waals surface area contributed by atoms with Crippen molar-refractivity contribution in [3.63, 3.8) is 0 Å². The number of benzene rings is 2. The Hall–Kier alpha value is -3.86. The van der Waals surface area contributed by atoms with Gasteiger partial charge in [0.15, 0.2) is 5.60 Å². The van der Waals surface area contributed by atoms with E-state index in [1.807, 2.05) is 4.57 Å². The number of halogens is 6. The Morgan fingerprint density at radius 2 is 1.88 bits per heavy atom. The number of rotatable bonds is 6. The molecule has 3 N–H and O–H groups in total. The molecule has 2 aliphatic heterocycles. The Morgan fingerprint density at radius 1 is 1.15 bits per heavy atom. The molecule has 2 aromatic heterocycles. The SMILES string of the molecule is CC(C)(C)[S+]([O-])NC1(c2ncc(-c3ccc4nc5n(c4c3)[C@@H]3C[C@H]5NC(=O)c4cccc(OC(F)F)c43)cc2F)CC(O)(C(F)(F)F)C1. The summed E-state index contributed by atoms with van der Waals surface area (Å²) >= 11 is -1.93. The molecule has 1 unspecified atom stereocenters. The number of hydrogen-bond donors (Lipinski definition) is 3. The van der Waals surface area contributed by atoms with Gasteiger partial charge in [0.05, 0.1) is 23.1 Å². The molecule has 0 saturated heterocycles. The zero-order valence-electron chi connectivity index (χ0n) is 25.7. The van der Waals surface area contributed by atoms with E-state index in [1.165, 1.54) is 24.4 Å². The molecule has 2 bridgehead atoms. The summed E-state index contributed by atoms with van der Waals surface area (Å²) in [5.74, 6) is -1.05. The van der Waals surface area contributed by atoms with Gasteiger partial charge in [-0.2, -0.15) is 22.0 Å². The lowest BCUT2D eigenvalue weighted by Gasteiger charge is -2.53. The lowest BCUT2D eigenvalue weighted by atomic mass is 9.63. The second kappa shape index (κ2) is 10.8. The number of hydrogen-bond acceptors (Lipinski definition) is 7. The number of amides is 1. The number of imidazole rings is 1. The fraction of sp³-hybridized carbons (Fsp3) is 0.406. The predicted octanol–water partition coefficient (Wildman–Crippen LogP) is 5.95. The first-order valence-corrected chi connectivity index (χ1v) is 16.1. The lowest BCUT2D eigenvalue weighted by Crippen LogP contribution is -2.69. The lowest BCUT2D eigenvalue weighted by molar-refractivity contribution is -0.306. The first-order chi connectivity index (χ1) is 22.4. The number of alkyl halides is 5. The maximum atomic E-state index is 15.9. The third-order valence-corrected chi connectivity index (χ3v) is 10.8. The summed E-state index contributed by atoms with van der Waals surface area (Å²) in [4.78, 5) is 21.9. The largest absolute Gasteiger partial charge is 0.598 e. The van der Waals surface area contributed by atoms with Crippen LogP contribution in [-0.2, 0) is 16.9 Å². The standard InChI is InChI=1S/C32H29F6N5O4S/c1-29(2,3)48(46)42-30(13-31(45,14-30)32(36,37)38)25-18(33)9-16(12-39-25)15-7-8-19-21(10-15)43-22-11-20(26(43)40-19)41-27(44)17-5-4-6-23(24(17)22)47-28(34)35/h4-10,12,20,22,28,42,45H,11,13-14H2,1-3H3,(H,41,44)/t20-,22-,30?,31?,48?/m1/s1. The predicted molar refractivity (Wildman–Crippen MR) is 162 cm³/mol. The Balaban J connectivity index is 1.28. The van der Waals surface area contributed by atoms with Crippen LogP contribution in [0.4, 0.5) is 26.3 Å². The minimum Gasteiger partial charge on any atom is -0.598 e. The molecule has 48 heavy (non-hydrogen) atoms. The van der Waals surface area contributed by atoms with Crippen molar-refractivity contribution in [3.8, 4) is 16.9 Å². The molecular weight excluding hydrogens is 664 g/mol. The Labute approximate surface area is 273 Å². The normalized spacial score (nSPS) is 25.7. The van der Waals surface area contributed by atoms with Gasteiger partial charge in [-0.15, -0.1) is 4.72 Å². The van der Waals surface area contributed by atoms with Crippen LogP contribution in [0.15, 0.2) is 48.7 Å². The zero-order chi connectivity index (χ0) is 34.6. The number of carbonyl (C=O) groups excluding carboxylic acids is 1. The number of aromatic nitrogens is 3. The van der Waals surface area contributed by atoms with Crippen molar-refractivity contribution in [2.24, 2.45) is 0 Å². The van der Waals surface area contributed by atoms with E-state index in [0.29, 0.717) is 28.8 Å². The van der Waals surface area contributed by atoms with Crippen LogP contribution in [0.25, 0.3) is 22.2 Å². The van der Waals surface area contributed by atoms with Gasteiger partial charge in [-0.3, -0.25) is 9.78 Å². The summed E-state index contributed by atoms with van der Waals surface area (Å²) in [5, 5.41) is 13.2. The van der Waals surface area contributed by atoms with Gasteiger partial charge in [0.1, 0.15) is 33.4 Å². The van der Waals surface area contributed by atoms with E-state index in [2.05, 4.69) is 15.0 Å². The first kappa shape index (κ1) is 32.7. The molecule has 2 aromatic carbocycles. The molecule has 16 heteroatoms. The van der Waals surface area contributed by atoms with Crippen LogP contribution in [0.2, 0.25) is 0 Å². The van der Waals surface area contributed by atoms with Crippen LogP contribution in [0.1, 0.15) is 79.6 Å². The highest BCUT2D eigenvalue weighted by atomic mass is 32.2. The highest BCUT2D eigenvalue weighted by molar-refractivity contribution is 7.90. The zero-order valence-corrected chi connectivity index (χ0v) is 26.5. The van der Waals surface area contributed by atoms with Crippen molar-refractivity contribution in [3.05, 3.63) is 77.1 Å². The van der Waals surface area contributed by atoms with Gasteiger partial charge in [0.25, 0.3) is 5.91 Å². The molecule has 7 rings (SSSR count). The molecule has 0 spiro atoms. The van der Waals surface area contributed by atoms with Crippen molar-refractivity contribution >= 4 is 28.3 Å². The number of ether oxygens (including phenoxy) is 1. The summed E-state index contributed by atoms with van der Waals surface area (Å²) in [6.45, 7) is 1.68. The van der Waals surface area contributed by atoms with Crippen LogP contribution >= 0.6 is 0 Å². The molecule has 0 radical (unpaired) electrons. The summed E-state index contributed by atoms with van der Waals surface area (Å²) in [6.07, 6.45) is -5.36. The first-order valence-electron chi connectivity index (χ1n) is 15.0. The van der Waals surface area contributed by atoms with E-state index in [4.69, 9.17) is 9.72 Å². The van der Waals surface area contributed by atoms with Gasteiger partial charge in [-0.1, -0.05) is 12.1 Å². The summed E-state index contributed by atoms with van der Waals surface area (Å²) in [6, 6.07) is 9.35. The quantitative estimate of drug-likeness (QED) is 0.169. The van der Waals surface area contributed by atoms with Crippen molar-refractivity contribution < 1.29 is 45.5 Å². The van der Waals surface area contributed by atoms with E-state index in [9.17, 15) is 36.4 Å². The molecule has 4 aromatic rings. The Morgan fingerprint density at radius 3 is 2.52 bits per heavy atom. The maximum Gasteiger partial charge on any atom is 0.417 e. The summed E-state index contributed by atoms with van der Waals surface area (Å²) in [7, 11) is 0. The van der Waals surface area contributed by atoms with Gasteiger partial charge in [0, 0.05) is 47.1 Å². The number of fused-ring (bicyclic) bond motifs is 9. The molecule has 254 valence electrons. The molecule has 3 aliphatic rings. The maximum absolute atomic E-state index is 15.9. The van der Waals surface area contributed by atoms with Gasteiger partial charge in [-0.05, 0) is 63.1 Å². The summed E-state index contributed by atoms with van der Waals surface area (Å²) < 4.78 is 105. The monoisotopic (exact) mass is 693 g/mol. The summed E-state index contributed by atoms with van der Waals surface area (Å²) in [5.41, 5.74) is -3.10. The van der Waals surface area contributed by atoms with E-state index in [-0.39, 0.29) is 22.4 Å². The van der Waals surface area contributed by atoms with Crippen molar-refractivity contribution in [2.45, 2.75) is 80.8 Å². The minimum atomic E-state index is -4.99. The smallest absolute Gasteiger partial charge is 0.417 e. The fourth-order valence-electron chi connectivity index (χ4n) is 6.90. The number of nitrogens with one attached hydrogen (secondary N) is 2. The van der Waals surface area contributed by atoms with Crippen LogP contribution in [0, 0.1) is 5.82 Å². The number of nitrogens with zero attached hydrogens (tertiary/aromatic N) is 3. The fourth-order valence-corrected chi connectivity index (χ4v) is 7.81. The van der Waals surface area contributed by atoms with Crippen molar-refractivity contribution in [1.82, 2.24) is 24.6 Å². The van der Waals surface area contributed by atoms with E-state index in [0.717, 1.165) is 6.07 Å². The van der Waals surface area contributed by atoms with Crippen LogP contribution < -0.4 is 14.8 Å². The number of pyridine rings is 1. The van der Waals surface area contributed by atoms with Crippen LogP contribution in [0.5, 0.6) is 5.75 Å². The van der Waals surface area contributed by atoms with E-state index in [1.54, 1.807) is 39.0 Å². The average molecular weight is 694 g/mol. The van der Waals surface area contributed by atoms with Crippen molar-refractivity contribution in [2.75, 3.05) is 0 Å². The second-order valence-electron chi connectivity index (χ2n) is 13.4. The van der Waals surface area contributed by atoms with Gasteiger partial charge < -0.3 is 24.3 Å². The molecule has 4 heterocycles. The molecule has 1 amide bonds. The molecule has 1 fully saturated rings. The van der Waals surface area contributed by atoms with E-state index >= 15 is 4.39 Å². The van der Waals surface area contributed by atoms with Gasteiger partial charge >= 0.3 is 12.8 Å². The third-order valence-electron chi connectivity index (χ3n) is 9.15. The second-order valence-corrected chi connectivity index (χ2v) is 15.4. The molecule has 9 nitrogen and oxygen atoms in total. The third kappa shape index (κ3) is 5.11. The van der Waals surface area contributed by atoms with Crippen LogP contribution in [0.3, 0.4) is 0 Å². The molecule has 1 saturated carbocycles. The van der Waals surface area contributed by atoms with E-state index < -0.39 is 82.4 Å². The highest BCUT2D eigenvalue weighted by Crippen LogP contribution is 2.56. The molecule has 1 aliphatic carbocycles. The van der Waals surface area contributed by atoms with Gasteiger partial charge in [-0.25, -0.2) is 9.37 Å². The number of aliphatic hydroxyl groups is 1. The minimum absolute atomic E-state index is 0.139. The van der Waals surface area contributed by atoms with Crippen LogP contribution in [-0.4, -0.2) is 53.2 Å².